The van der Waals surface area contributed by atoms with Crippen LogP contribution in [0.4, 0.5) is 0 Å². The van der Waals surface area contributed by atoms with Crippen LogP contribution < -0.4 is 0 Å². The van der Waals surface area contributed by atoms with Crippen LogP contribution in [0.1, 0.15) is 53.4 Å². The van der Waals surface area contributed by atoms with Crippen LogP contribution in [0.3, 0.4) is 0 Å². The Balaban J connectivity index is 4.19. The minimum absolute atomic E-state index is 0.796. The highest BCUT2D eigenvalue weighted by atomic mass is 28.3. The third-order valence-electron chi connectivity index (χ3n) is 3.12. The Morgan fingerprint density at radius 3 is 0.923 bits per heavy atom. The zero-order valence-electron chi connectivity index (χ0n) is 10.2. The molecule has 80 valence electrons. The normalized spacial score (nSPS) is 12.0. The molecule has 0 spiro atoms. The molecule has 0 heterocycles. The van der Waals surface area contributed by atoms with E-state index in [1.807, 2.05) is 0 Å². The molecule has 0 fully saturated rings. The van der Waals surface area contributed by atoms with Gasteiger partial charge in [-0.15, -0.1) is 0 Å². The minimum Gasteiger partial charge on any atom is -0.0657 e. The minimum atomic E-state index is -0.796. The summed E-state index contributed by atoms with van der Waals surface area (Å²) in [5.74, 6) is 0. The quantitative estimate of drug-likeness (QED) is 0.480. The zero-order valence-corrected chi connectivity index (χ0v) is 11.2. The molecule has 0 aromatic carbocycles. The van der Waals surface area contributed by atoms with E-state index in [4.69, 9.17) is 0 Å². The van der Waals surface area contributed by atoms with E-state index in [1.54, 1.807) is 24.2 Å². The first-order chi connectivity index (χ1) is 6.24. The van der Waals surface area contributed by atoms with Crippen molar-refractivity contribution < 1.29 is 0 Å². The van der Waals surface area contributed by atoms with Gasteiger partial charge >= 0.3 is 0 Å². The lowest BCUT2D eigenvalue weighted by molar-refractivity contribution is 0.881. The van der Waals surface area contributed by atoms with Gasteiger partial charge in [-0.2, -0.15) is 0 Å². The summed E-state index contributed by atoms with van der Waals surface area (Å²) in [4.78, 5) is 0. The highest BCUT2D eigenvalue weighted by Crippen LogP contribution is 2.31. The second-order valence-corrected chi connectivity index (χ2v) is 9.50. The van der Waals surface area contributed by atoms with Crippen molar-refractivity contribution in [3.63, 3.8) is 0 Å². The first-order valence-corrected chi connectivity index (χ1v) is 9.07. The topological polar surface area (TPSA) is 0 Å². The molecule has 13 heavy (non-hydrogen) atoms. The smallest absolute Gasteiger partial charge is 0.0535 e. The third kappa shape index (κ3) is 4.85. The van der Waals surface area contributed by atoms with Crippen molar-refractivity contribution in [2.75, 3.05) is 0 Å². The van der Waals surface area contributed by atoms with E-state index in [2.05, 4.69) is 27.7 Å². The maximum atomic E-state index is 2.36. The van der Waals surface area contributed by atoms with Gasteiger partial charge < -0.3 is 0 Å². The van der Waals surface area contributed by atoms with Crippen LogP contribution in [0.25, 0.3) is 0 Å². The fourth-order valence-electron chi connectivity index (χ4n) is 2.87. The van der Waals surface area contributed by atoms with E-state index in [1.165, 1.54) is 25.7 Å². The van der Waals surface area contributed by atoms with Crippen molar-refractivity contribution in [3.05, 3.63) is 0 Å². The lowest BCUT2D eigenvalue weighted by Gasteiger charge is -2.31. The Bertz CT molecular complexity index is 80.2. The Kier molecular flexibility index (Phi) is 7.73. The predicted octanol–water partition coefficient (Wildman–Crippen LogP) is 5.08. The fraction of sp³-hybridized carbons (Fsp3) is 1.00. The maximum Gasteiger partial charge on any atom is 0.0535 e. The van der Waals surface area contributed by atoms with E-state index >= 15 is 0 Å². The van der Waals surface area contributed by atoms with Crippen molar-refractivity contribution in [3.8, 4) is 0 Å². The van der Waals surface area contributed by atoms with Gasteiger partial charge in [0.05, 0.1) is 8.07 Å². The van der Waals surface area contributed by atoms with Gasteiger partial charge in [-0.1, -0.05) is 77.6 Å². The zero-order chi connectivity index (χ0) is 10.2. The molecule has 0 aromatic rings. The van der Waals surface area contributed by atoms with Gasteiger partial charge in [0.25, 0.3) is 0 Å². The monoisotopic (exact) mass is 200 g/mol. The number of hydrogen-bond donors (Lipinski definition) is 0. The SMILES string of the molecule is CCC[Si](CCC)(CCC)CCC. The Hall–Kier alpha value is 0.217. The molecule has 0 atom stereocenters. The molecule has 0 saturated heterocycles. The van der Waals surface area contributed by atoms with Crippen LogP contribution in [0.5, 0.6) is 0 Å². The van der Waals surface area contributed by atoms with Crippen LogP contribution in [0.15, 0.2) is 0 Å². The van der Waals surface area contributed by atoms with Crippen molar-refractivity contribution in [1.29, 1.82) is 0 Å². The lowest BCUT2D eigenvalue weighted by Crippen LogP contribution is -2.32. The van der Waals surface area contributed by atoms with E-state index in [-0.39, 0.29) is 0 Å². The van der Waals surface area contributed by atoms with Crippen LogP contribution in [0.2, 0.25) is 24.2 Å². The number of rotatable bonds is 8. The summed E-state index contributed by atoms with van der Waals surface area (Å²) >= 11 is 0. The summed E-state index contributed by atoms with van der Waals surface area (Å²) in [7, 11) is -0.796. The molecule has 0 aliphatic heterocycles. The molecule has 0 amide bonds. The van der Waals surface area contributed by atoms with Crippen molar-refractivity contribution >= 4 is 8.07 Å². The van der Waals surface area contributed by atoms with Crippen LogP contribution >= 0.6 is 0 Å². The first-order valence-electron chi connectivity index (χ1n) is 6.24. The molecule has 0 unspecified atom stereocenters. The average Bonchev–Trinajstić information content (AvgIpc) is 2.06. The molecule has 0 saturated carbocycles. The fourth-order valence-corrected chi connectivity index (χ4v) is 8.61. The lowest BCUT2D eigenvalue weighted by atomic mass is 10.5. The molecule has 1 heteroatoms. The standard InChI is InChI=1S/C12H28Si/c1-5-9-13(10-6-2,11-7-3)12-8-4/h5-12H2,1-4H3. The van der Waals surface area contributed by atoms with E-state index in [0.29, 0.717) is 0 Å². The van der Waals surface area contributed by atoms with Crippen molar-refractivity contribution in [2.45, 2.75) is 77.6 Å². The van der Waals surface area contributed by atoms with Crippen LogP contribution in [-0.2, 0) is 0 Å². The molecule has 0 bridgehead atoms. The van der Waals surface area contributed by atoms with Gasteiger partial charge in [0, 0.05) is 0 Å². The van der Waals surface area contributed by atoms with E-state index in [9.17, 15) is 0 Å². The molecular formula is C12H28Si. The molecule has 0 aliphatic rings. The van der Waals surface area contributed by atoms with E-state index < -0.39 is 8.07 Å². The summed E-state index contributed by atoms with van der Waals surface area (Å²) in [6.07, 6.45) is 5.69. The highest BCUT2D eigenvalue weighted by molar-refractivity contribution is 6.79. The Morgan fingerprint density at radius 2 is 0.769 bits per heavy atom. The molecule has 0 N–H and O–H groups in total. The summed E-state index contributed by atoms with van der Waals surface area (Å²) in [5.41, 5.74) is 0. The van der Waals surface area contributed by atoms with Gasteiger partial charge in [-0.25, -0.2) is 0 Å². The van der Waals surface area contributed by atoms with Gasteiger partial charge in [-0.05, 0) is 0 Å². The highest BCUT2D eigenvalue weighted by Gasteiger charge is 2.28. The maximum absolute atomic E-state index is 2.36. The van der Waals surface area contributed by atoms with Crippen LogP contribution in [0, 0.1) is 0 Å². The van der Waals surface area contributed by atoms with Gasteiger partial charge in [0.1, 0.15) is 0 Å². The Labute approximate surface area is 86.1 Å². The average molecular weight is 200 g/mol. The summed E-state index contributed by atoms with van der Waals surface area (Å²) in [6.45, 7) is 9.46. The largest absolute Gasteiger partial charge is 0.0657 e. The van der Waals surface area contributed by atoms with Crippen LogP contribution in [-0.4, -0.2) is 8.07 Å². The summed E-state index contributed by atoms with van der Waals surface area (Å²) < 4.78 is 0. The van der Waals surface area contributed by atoms with Gasteiger partial charge in [0.2, 0.25) is 0 Å². The van der Waals surface area contributed by atoms with Crippen molar-refractivity contribution in [1.82, 2.24) is 0 Å². The summed E-state index contributed by atoms with van der Waals surface area (Å²) in [5, 5.41) is 0. The van der Waals surface area contributed by atoms with Gasteiger partial charge in [0.15, 0.2) is 0 Å². The predicted molar refractivity (Wildman–Crippen MR) is 66.1 cm³/mol. The molecule has 0 radical (unpaired) electrons. The molecular weight excluding hydrogens is 172 g/mol. The molecule has 0 aromatic heterocycles. The second-order valence-electron chi connectivity index (χ2n) is 4.50. The number of hydrogen-bond acceptors (Lipinski definition) is 0. The molecule has 0 aliphatic carbocycles. The van der Waals surface area contributed by atoms with E-state index in [0.717, 1.165) is 0 Å². The Morgan fingerprint density at radius 1 is 0.538 bits per heavy atom. The third-order valence-corrected chi connectivity index (χ3v) is 9.36. The molecule has 0 rings (SSSR count). The second kappa shape index (κ2) is 7.60. The first kappa shape index (κ1) is 13.2. The molecule has 0 nitrogen and oxygen atoms in total. The summed E-state index contributed by atoms with van der Waals surface area (Å²) in [6, 6.07) is 6.34. The van der Waals surface area contributed by atoms with Gasteiger partial charge in [-0.3, -0.25) is 0 Å². The van der Waals surface area contributed by atoms with Crippen molar-refractivity contribution in [2.24, 2.45) is 0 Å².